The summed E-state index contributed by atoms with van der Waals surface area (Å²) < 4.78 is 1.12. The predicted octanol–water partition coefficient (Wildman–Crippen LogP) is 18.3. The van der Waals surface area contributed by atoms with Gasteiger partial charge in [-0.25, -0.2) is 0 Å². The van der Waals surface area contributed by atoms with Crippen molar-refractivity contribution in [3.8, 4) is 0 Å². The van der Waals surface area contributed by atoms with E-state index in [0.717, 1.165) is 0 Å². The molecule has 4 atom stereocenters. The molecule has 4 aromatic carbocycles. The average molecular weight is 1130 g/mol. The van der Waals surface area contributed by atoms with Gasteiger partial charge in [0.1, 0.15) is 0 Å². The van der Waals surface area contributed by atoms with Gasteiger partial charge in [-0.15, -0.1) is 0 Å². The summed E-state index contributed by atoms with van der Waals surface area (Å²) in [7, 11) is 38.9. The van der Waals surface area contributed by atoms with Gasteiger partial charge in [0.05, 0.1) is 0 Å². The molecule has 4 aliphatic rings. The molecule has 64 heavy (non-hydrogen) atoms. The number of halogens is 4. The fourth-order valence-corrected chi connectivity index (χ4v) is 138. The Labute approximate surface area is 399 Å². The summed E-state index contributed by atoms with van der Waals surface area (Å²) in [5.74, 6) is 1.47. The zero-order valence-electron chi connectivity index (χ0n) is 41.2. The van der Waals surface area contributed by atoms with Crippen LogP contribution in [0, 0.1) is 0 Å². The first-order chi connectivity index (χ1) is 29.8. The quantitative estimate of drug-likeness (QED) is 0.117. The molecule has 0 aromatic heterocycles. The normalized spacial score (nSPS) is 23.0. The van der Waals surface area contributed by atoms with Crippen LogP contribution in [0.1, 0.15) is 188 Å². The van der Waals surface area contributed by atoms with Crippen LogP contribution in [-0.2, 0) is 28.1 Å². The summed E-state index contributed by atoms with van der Waals surface area (Å²) in [5, 5.41) is 0. The van der Waals surface area contributed by atoms with Crippen LogP contribution in [0.25, 0.3) is 24.3 Å². The van der Waals surface area contributed by atoms with Crippen molar-refractivity contribution in [3.05, 3.63) is 162 Å². The molecule has 4 aromatic rings. The monoisotopic (exact) mass is 1120 g/mol. The molecule has 4 unspecified atom stereocenters. The van der Waals surface area contributed by atoms with Crippen molar-refractivity contribution in [1.29, 1.82) is 0 Å². The van der Waals surface area contributed by atoms with Gasteiger partial charge in [0, 0.05) is 0 Å². The third-order valence-electron chi connectivity index (χ3n) is 18.2. The number of allylic oxidation sites excluding steroid dienone is 4. The number of fused-ring (bicyclic) bond motifs is 4. The third-order valence-corrected chi connectivity index (χ3v) is 131. The van der Waals surface area contributed by atoms with Crippen LogP contribution in [0.15, 0.2) is 95.1 Å². The zero-order valence-corrected chi connectivity index (χ0v) is 52.0. The van der Waals surface area contributed by atoms with E-state index in [4.69, 9.17) is 0 Å². The van der Waals surface area contributed by atoms with Gasteiger partial charge in [0.25, 0.3) is 0 Å². The van der Waals surface area contributed by atoms with Crippen LogP contribution in [-0.4, -0.2) is 13.3 Å². The standard InChI is InChI=1S/4C13H15.C2H4.2CH5Si.4ClH.2Zr/c4*1-9(2)12-6-4-5-11-7-10(3)8-13(11)12;3*1-2;;;;;;/h4*4-9H,1-3H3;1-2H2;2*2H2,1H3;4*1H;;/q;;;;;;;;;;;2*+2/p-4. The Balaban J connectivity index is 1.50. The summed E-state index contributed by atoms with van der Waals surface area (Å²) in [6, 6.07) is 28.0. The molecule has 0 radical (unpaired) electrons. The first-order valence-corrected chi connectivity index (χ1v) is 61.1. The van der Waals surface area contributed by atoms with Gasteiger partial charge in [-0.1, -0.05) is 0 Å². The molecule has 0 saturated heterocycles. The molecule has 8 rings (SSSR count). The first kappa shape index (κ1) is 49.6. The van der Waals surface area contributed by atoms with E-state index >= 15 is 0 Å². The minimum absolute atomic E-state index is 0.0706. The van der Waals surface area contributed by atoms with E-state index in [1.54, 1.807) is 0 Å². The van der Waals surface area contributed by atoms with Gasteiger partial charge in [-0.2, -0.15) is 0 Å². The molecule has 0 spiro atoms. The fraction of sp³-hybridized carbons (Fsp3) is 0.429. The second-order valence-electron chi connectivity index (χ2n) is 23.1. The topological polar surface area (TPSA) is 0 Å². The summed E-state index contributed by atoms with van der Waals surface area (Å²) in [6.07, 6.45) is 9.93. The fourth-order valence-electron chi connectivity index (χ4n) is 15.3. The first-order valence-electron chi connectivity index (χ1n) is 24.6. The second-order valence-corrected chi connectivity index (χ2v) is 130. The Bertz CT molecular complexity index is 2430. The molecule has 0 saturated carbocycles. The molecule has 8 heteroatoms. The van der Waals surface area contributed by atoms with Gasteiger partial charge >= 0.3 is 404 Å². The summed E-state index contributed by atoms with van der Waals surface area (Å²) in [4.78, 5) is 0. The van der Waals surface area contributed by atoms with Crippen LogP contribution < -0.4 is 0 Å². The van der Waals surface area contributed by atoms with E-state index in [-0.39, 0.29) is 14.5 Å². The Morgan fingerprint density at radius 2 is 0.594 bits per heavy atom. The summed E-state index contributed by atoms with van der Waals surface area (Å²) in [6.45, 7) is 30.5. The summed E-state index contributed by atoms with van der Waals surface area (Å²) in [5.41, 5.74) is 21.6. The molecular formula is C56H74Cl4Si2Zr2. The molecule has 0 amide bonds. The molecule has 342 valence electrons. The molecular weight excluding hydrogens is 1050 g/mol. The van der Waals surface area contributed by atoms with Crippen molar-refractivity contribution in [1.82, 2.24) is 0 Å². The van der Waals surface area contributed by atoms with Crippen molar-refractivity contribution >= 4 is 71.6 Å². The van der Waals surface area contributed by atoms with E-state index in [0.29, 0.717) is 31.9 Å². The second kappa shape index (κ2) is 15.9. The Kier molecular flexibility index (Phi) is 12.3. The van der Waals surface area contributed by atoms with Gasteiger partial charge in [0.15, 0.2) is 0 Å². The van der Waals surface area contributed by atoms with Crippen molar-refractivity contribution < 1.29 is 28.1 Å². The van der Waals surface area contributed by atoms with E-state index in [2.05, 4.69) is 193 Å². The van der Waals surface area contributed by atoms with E-state index in [1.165, 1.54) is 89.1 Å². The minimum atomic E-state index is -6.09. The van der Waals surface area contributed by atoms with Crippen LogP contribution in [0.4, 0.5) is 0 Å². The van der Waals surface area contributed by atoms with Gasteiger partial charge < -0.3 is 0 Å². The molecule has 4 aliphatic carbocycles. The molecule has 0 heterocycles. The number of rotatable bonds is 13. The Morgan fingerprint density at radius 3 is 0.766 bits per heavy atom. The van der Waals surface area contributed by atoms with Crippen molar-refractivity contribution in [2.75, 3.05) is 0 Å². The Hall–Kier alpha value is -0.800. The van der Waals surface area contributed by atoms with Crippen molar-refractivity contribution in [2.45, 2.75) is 143 Å². The van der Waals surface area contributed by atoms with Gasteiger partial charge in [-0.05, 0) is 0 Å². The molecule has 0 aliphatic heterocycles. The van der Waals surface area contributed by atoms with Crippen molar-refractivity contribution in [2.24, 2.45) is 0 Å². The Morgan fingerprint density at radius 1 is 0.391 bits per heavy atom. The van der Waals surface area contributed by atoms with E-state index in [9.17, 15) is 34.1 Å². The average Bonchev–Trinajstić information content (AvgIpc) is 3.99. The molecule has 0 fully saturated rings. The SMILES string of the molecule is C[SiH2][Zr]([Cl])([Cl])([CH2][CH2][Zr]([Cl])([Cl])([SiH2]C)([CH]1C(C)=Cc2c(C(C)C)cccc21)[CH]1C(C)=Cc2c(C(C)C)cccc21)([CH]1C(C)=Cc2c(C(C)C)cccc21)[CH]1C(C)=Cc2c(C(C)C)cccc21. The maximum absolute atomic E-state index is 9.72. The summed E-state index contributed by atoms with van der Waals surface area (Å²) >= 11 is -12.2. The number of hydrogen-bond donors (Lipinski definition) is 0. The predicted molar refractivity (Wildman–Crippen MR) is 290 cm³/mol. The molecule has 0 nitrogen and oxygen atoms in total. The van der Waals surface area contributed by atoms with E-state index in [1.807, 2.05) is 0 Å². The number of benzene rings is 4. The number of hydrogen-bond acceptors (Lipinski definition) is 0. The zero-order chi connectivity index (χ0) is 46.8. The van der Waals surface area contributed by atoms with Gasteiger partial charge in [-0.3, -0.25) is 0 Å². The maximum atomic E-state index is 9.72. The van der Waals surface area contributed by atoms with E-state index < -0.39 is 41.4 Å². The van der Waals surface area contributed by atoms with Crippen molar-refractivity contribution in [3.63, 3.8) is 0 Å². The molecule has 0 bridgehead atoms. The van der Waals surface area contributed by atoms with Gasteiger partial charge in [0.2, 0.25) is 0 Å². The molecule has 0 N–H and O–H groups in total. The van der Waals surface area contributed by atoms with Crippen LogP contribution >= 0.6 is 34.1 Å². The van der Waals surface area contributed by atoms with Crippen LogP contribution in [0.2, 0.25) is 21.4 Å². The van der Waals surface area contributed by atoms with Crippen LogP contribution in [0.5, 0.6) is 0 Å². The van der Waals surface area contributed by atoms with Crippen LogP contribution in [0.3, 0.4) is 0 Å². The third kappa shape index (κ3) is 6.83.